The Hall–Kier alpha value is -1.40. The van der Waals surface area contributed by atoms with Crippen molar-refractivity contribution >= 4 is 23.1 Å². The quantitative estimate of drug-likeness (QED) is 0.673. The van der Waals surface area contributed by atoms with Crippen LogP contribution >= 0.6 is 11.6 Å². The number of pyridine rings is 1. The number of nitro groups is 1. The molecule has 6 nitrogen and oxygen atoms in total. The van der Waals surface area contributed by atoms with Gasteiger partial charge in [0.05, 0.1) is 16.0 Å². The number of rotatable bonds is 4. The fourth-order valence-corrected chi connectivity index (χ4v) is 2.04. The molecule has 7 heteroatoms. The zero-order chi connectivity index (χ0) is 13.0. The van der Waals surface area contributed by atoms with Crippen LogP contribution in [0.15, 0.2) is 12.3 Å². The van der Waals surface area contributed by atoms with Crippen molar-refractivity contribution in [2.45, 2.75) is 25.4 Å². The molecule has 0 bridgehead atoms. The molecule has 1 aliphatic heterocycles. The van der Waals surface area contributed by atoms with Gasteiger partial charge in [0, 0.05) is 25.4 Å². The minimum Gasteiger partial charge on any atom is -0.376 e. The van der Waals surface area contributed by atoms with Crippen LogP contribution in [0.4, 0.5) is 11.5 Å². The lowest BCUT2D eigenvalue weighted by atomic mass is 10.1. The van der Waals surface area contributed by atoms with Gasteiger partial charge in [0.25, 0.3) is 0 Å². The van der Waals surface area contributed by atoms with Gasteiger partial charge in [-0.2, -0.15) is 0 Å². The maximum Gasteiger partial charge on any atom is 0.312 e. The largest absolute Gasteiger partial charge is 0.376 e. The molecule has 1 aromatic heterocycles. The predicted molar refractivity (Wildman–Crippen MR) is 68.0 cm³/mol. The summed E-state index contributed by atoms with van der Waals surface area (Å²) in [6, 6.07) is 1.29. The van der Waals surface area contributed by atoms with Crippen molar-refractivity contribution in [3.8, 4) is 0 Å². The number of aromatic nitrogens is 1. The van der Waals surface area contributed by atoms with Gasteiger partial charge in [-0.25, -0.2) is 4.98 Å². The highest BCUT2D eigenvalue weighted by atomic mass is 35.5. The third-order valence-electron chi connectivity index (χ3n) is 2.80. The Labute approximate surface area is 109 Å². The van der Waals surface area contributed by atoms with E-state index in [0.29, 0.717) is 6.54 Å². The molecule has 1 atom stereocenters. The van der Waals surface area contributed by atoms with Crippen LogP contribution in [0.1, 0.15) is 19.3 Å². The first kappa shape index (κ1) is 13.0. The maximum absolute atomic E-state index is 10.9. The summed E-state index contributed by atoms with van der Waals surface area (Å²) in [6.07, 6.45) is 4.65. The van der Waals surface area contributed by atoms with Gasteiger partial charge in [0.15, 0.2) is 0 Å². The third-order valence-corrected chi connectivity index (χ3v) is 3.01. The Morgan fingerprint density at radius 3 is 3.11 bits per heavy atom. The second-order valence-electron chi connectivity index (χ2n) is 4.15. The monoisotopic (exact) mass is 271 g/mol. The number of anilines is 1. The molecule has 0 saturated carbocycles. The van der Waals surface area contributed by atoms with Gasteiger partial charge >= 0.3 is 5.69 Å². The van der Waals surface area contributed by atoms with E-state index in [1.807, 2.05) is 0 Å². The van der Waals surface area contributed by atoms with Crippen molar-refractivity contribution in [1.29, 1.82) is 0 Å². The molecule has 1 aliphatic rings. The predicted octanol–water partition coefficient (Wildman–Crippen LogP) is 2.62. The van der Waals surface area contributed by atoms with E-state index in [-0.39, 0.29) is 22.6 Å². The normalized spacial score (nSPS) is 19.5. The van der Waals surface area contributed by atoms with Crippen molar-refractivity contribution in [2.24, 2.45) is 0 Å². The highest BCUT2D eigenvalue weighted by Gasteiger charge is 2.18. The maximum atomic E-state index is 10.9. The zero-order valence-corrected chi connectivity index (χ0v) is 10.5. The van der Waals surface area contributed by atoms with Crippen LogP contribution in [0.5, 0.6) is 0 Å². The van der Waals surface area contributed by atoms with E-state index in [1.54, 1.807) is 0 Å². The molecule has 0 aliphatic carbocycles. The Bertz CT molecular complexity index is 436. The Morgan fingerprint density at radius 1 is 1.61 bits per heavy atom. The van der Waals surface area contributed by atoms with E-state index in [0.717, 1.165) is 25.9 Å². The number of nitrogens with zero attached hydrogens (tertiary/aromatic N) is 2. The number of ether oxygens (including phenoxy) is 1. The first-order valence-electron chi connectivity index (χ1n) is 5.82. The minimum atomic E-state index is -0.497. The summed E-state index contributed by atoms with van der Waals surface area (Å²) in [4.78, 5) is 14.3. The SMILES string of the molecule is O=[N+]([O-])c1cc(Cl)cnc1NCC1CCCCO1. The van der Waals surface area contributed by atoms with Crippen molar-refractivity contribution in [3.05, 3.63) is 27.4 Å². The molecular weight excluding hydrogens is 258 g/mol. The molecular formula is C11H14ClN3O3. The highest BCUT2D eigenvalue weighted by molar-refractivity contribution is 6.30. The fourth-order valence-electron chi connectivity index (χ4n) is 1.88. The Kier molecular flexibility index (Phi) is 4.33. The molecule has 2 heterocycles. The molecule has 2 rings (SSSR count). The van der Waals surface area contributed by atoms with Gasteiger partial charge in [0.1, 0.15) is 0 Å². The molecule has 0 spiro atoms. The molecule has 98 valence electrons. The van der Waals surface area contributed by atoms with Gasteiger partial charge < -0.3 is 10.1 Å². The molecule has 0 aromatic carbocycles. The smallest absolute Gasteiger partial charge is 0.312 e. The van der Waals surface area contributed by atoms with Gasteiger partial charge in [0.2, 0.25) is 5.82 Å². The van der Waals surface area contributed by atoms with E-state index in [4.69, 9.17) is 16.3 Å². The van der Waals surface area contributed by atoms with E-state index in [2.05, 4.69) is 10.3 Å². The zero-order valence-electron chi connectivity index (χ0n) is 9.76. The van der Waals surface area contributed by atoms with Crippen LogP contribution < -0.4 is 5.32 Å². The number of nitrogens with one attached hydrogen (secondary N) is 1. The topological polar surface area (TPSA) is 77.3 Å². The van der Waals surface area contributed by atoms with Crippen molar-refractivity contribution in [2.75, 3.05) is 18.5 Å². The first-order valence-corrected chi connectivity index (χ1v) is 6.20. The highest BCUT2D eigenvalue weighted by Crippen LogP contribution is 2.25. The van der Waals surface area contributed by atoms with Gasteiger partial charge in [-0.15, -0.1) is 0 Å². The number of hydrogen-bond donors (Lipinski definition) is 1. The van der Waals surface area contributed by atoms with Crippen molar-refractivity contribution < 1.29 is 9.66 Å². The van der Waals surface area contributed by atoms with Gasteiger partial charge in [-0.1, -0.05) is 11.6 Å². The minimum absolute atomic E-state index is 0.0934. The molecule has 1 aromatic rings. The number of hydrogen-bond acceptors (Lipinski definition) is 5. The second kappa shape index (κ2) is 5.97. The molecule has 1 fully saturated rings. The summed E-state index contributed by atoms with van der Waals surface area (Å²) < 4.78 is 5.54. The standard InChI is InChI=1S/C11H14ClN3O3/c12-8-5-10(15(16)17)11(13-6-8)14-7-9-3-1-2-4-18-9/h5-6,9H,1-4,7H2,(H,13,14). The molecule has 1 saturated heterocycles. The van der Waals surface area contributed by atoms with Crippen molar-refractivity contribution in [1.82, 2.24) is 4.98 Å². The molecule has 0 amide bonds. The van der Waals surface area contributed by atoms with E-state index < -0.39 is 4.92 Å². The third kappa shape index (κ3) is 3.30. The summed E-state index contributed by atoms with van der Waals surface area (Å²) in [5, 5.41) is 14.1. The van der Waals surface area contributed by atoms with Gasteiger partial charge in [-0.3, -0.25) is 10.1 Å². The van der Waals surface area contributed by atoms with Crippen LogP contribution in [-0.2, 0) is 4.74 Å². The number of halogens is 1. The van der Waals surface area contributed by atoms with E-state index in [9.17, 15) is 10.1 Å². The first-order chi connectivity index (χ1) is 8.66. The summed E-state index contributed by atoms with van der Waals surface area (Å²) in [5.74, 6) is 0.235. The average molecular weight is 272 g/mol. The molecule has 1 unspecified atom stereocenters. The van der Waals surface area contributed by atoms with Crippen LogP contribution in [-0.4, -0.2) is 29.2 Å². The van der Waals surface area contributed by atoms with E-state index in [1.165, 1.54) is 12.3 Å². The summed E-state index contributed by atoms with van der Waals surface area (Å²) in [5.41, 5.74) is -0.113. The lowest BCUT2D eigenvalue weighted by molar-refractivity contribution is -0.384. The van der Waals surface area contributed by atoms with E-state index >= 15 is 0 Å². The molecule has 0 radical (unpaired) electrons. The summed E-state index contributed by atoms with van der Waals surface area (Å²) >= 11 is 5.69. The lowest BCUT2D eigenvalue weighted by Gasteiger charge is -2.22. The molecule has 18 heavy (non-hydrogen) atoms. The summed E-state index contributed by atoms with van der Waals surface area (Å²) in [7, 11) is 0. The fraction of sp³-hybridized carbons (Fsp3) is 0.545. The van der Waals surface area contributed by atoms with Gasteiger partial charge in [-0.05, 0) is 19.3 Å². The molecule has 1 N–H and O–H groups in total. The van der Waals surface area contributed by atoms with Crippen molar-refractivity contribution in [3.63, 3.8) is 0 Å². The Balaban J connectivity index is 2.01. The van der Waals surface area contributed by atoms with Crippen LogP contribution in [0.25, 0.3) is 0 Å². The summed E-state index contributed by atoms with van der Waals surface area (Å²) in [6.45, 7) is 1.28. The Morgan fingerprint density at radius 2 is 2.44 bits per heavy atom. The van der Waals surface area contributed by atoms with Crippen LogP contribution in [0, 0.1) is 10.1 Å². The average Bonchev–Trinajstić information content (AvgIpc) is 2.38. The lowest BCUT2D eigenvalue weighted by Crippen LogP contribution is -2.27. The van der Waals surface area contributed by atoms with Crippen LogP contribution in [0.3, 0.4) is 0 Å². The van der Waals surface area contributed by atoms with Crippen LogP contribution in [0.2, 0.25) is 5.02 Å². The second-order valence-corrected chi connectivity index (χ2v) is 4.58.